The monoisotopic (exact) mass is 426 g/mol. The predicted molar refractivity (Wildman–Crippen MR) is 115 cm³/mol. The zero-order valence-corrected chi connectivity index (χ0v) is 17.2. The topological polar surface area (TPSA) is 109 Å². The van der Waals surface area contributed by atoms with Crippen LogP contribution in [-0.4, -0.2) is 59.0 Å². The lowest BCUT2D eigenvalue weighted by atomic mass is 10.00. The molecule has 8 nitrogen and oxygen atoms in total. The molecule has 1 amide bonds. The lowest BCUT2D eigenvalue weighted by Gasteiger charge is -2.14. The van der Waals surface area contributed by atoms with Crippen molar-refractivity contribution in [2.75, 3.05) is 26.3 Å². The van der Waals surface area contributed by atoms with E-state index in [4.69, 9.17) is 9.57 Å². The summed E-state index contributed by atoms with van der Waals surface area (Å²) in [6.45, 7) is 1.09. The average molecular weight is 426 g/mol. The molecule has 2 N–H and O–H groups in total. The van der Waals surface area contributed by atoms with Gasteiger partial charge in [-0.2, -0.15) is 0 Å². The van der Waals surface area contributed by atoms with E-state index >= 15 is 0 Å². The molecular weight excluding hydrogens is 400 g/mol. The largest absolute Gasteiger partial charge is 0.508 e. The molecule has 31 heavy (non-hydrogen) atoms. The molecule has 0 fully saturated rings. The number of oxime groups is 1. The molecule has 2 aliphatic heterocycles. The fourth-order valence-corrected chi connectivity index (χ4v) is 3.24. The van der Waals surface area contributed by atoms with E-state index in [1.54, 1.807) is 11.0 Å². The maximum atomic E-state index is 12.5. The Morgan fingerprint density at radius 3 is 2.61 bits per heavy atom. The number of phenols is 2. The second-order valence-corrected chi connectivity index (χ2v) is 7.18. The van der Waals surface area contributed by atoms with Gasteiger partial charge in [0, 0.05) is 25.6 Å². The van der Waals surface area contributed by atoms with E-state index in [-0.39, 0.29) is 42.6 Å². The van der Waals surface area contributed by atoms with Gasteiger partial charge in [-0.1, -0.05) is 35.5 Å². The fourth-order valence-electron chi connectivity index (χ4n) is 3.24. The minimum atomic E-state index is -0.682. The number of hydrogen-bond donors (Lipinski definition) is 2. The summed E-state index contributed by atoms with van der Waals surface area (Å²) in [4.78, 5) is 31.6. The lowest BCUT2D eigenvalue weighted by molar-refractivity contribution is -0.134. The molecule has 8 heteroatoms. The maximum Gasteiger partial charge on any atom is 0.342 e. The Kier molecular flexibility index (Phi) is 7.86. The molecule has 0 aliphatic carbocycles. The van der Waals surface area contributed by atoms with Crippen LogP contribution in [0.3, 0.4) is 0 Å². The van der Waals surface area contributed by atoms with E-state index in [9.17, 15) is 19.8 Å². The number of allylic oxidation sites excluding steroid dienone is 3. The Morgan fingerprint density at radius 1 is 1.06 bits per heavy atom. The highest BCUT2D eigenvalue weighted by Crippen LogP contribution is 2.29. The van der Waals surface area contributed by atoms with Gasteiger partial charge in [0.15, 0.2) is 6.61 Å². The molecule has 1 aromatic rings. The molecule has 0 saturated heterocycles. The molecule has 0 saturated carbocycles. The first-order valence-corrected chi connectivity index (χ1v) is 10.2. The summed E-state index contributed by atoms with van der Waals surface area (Å²) >= 11 is 0. The van der Waals surface area contributed by atoms with Crippen LogP contribution in [0, 0.1) is 0 Å². The Hall–Kier alpha value is -3.55. The zero-order valence-electron chi connectivity index (χ0n) is 17.2. The molecule has 3 rings (SSSR count). The van der Waals surface area contributed by atoms with Gasteiger partial charge >= 0.3 is 5.97 Å². The van der Waals surface area contributed by atoms with Crippen molar-refractivity contribution in [1.29, 1.82) is 0 Å². The molecule has 164 valence electrons. The number of phenolic OH excluding ortho intramolecular Hbond substituents is 2. The molecule has 0 radical (unpaired) electrons. The van der Waals surface area contributed by atoms with E-state index in [0.29, 0.717) is 30.8 Å². The molecule has 2 heterocycles. The number of nitrogens with zero attached hydrogens (tertiary/aromatic N) is 2. The molecule has 2 aliphatic rings. The summed E-state index contributed by atoms with van der Waals surface area (Å²) < 4.78 is 5.26. The smallest absolute Gasteiger partial charge is 0.342 e. The first-order chi connectivity index (χ1) is 15.0. The van der Waals surface area contributed by atoms with E-state index in [1.807, 2.05) is 30.4 Å². The summed E-state index contributed by atoms with van der Waals surface area (Å²) in [5.74, 6) is -1.42. The molecule has 1 aromatic carbocycles. The van der Waals surface area contributed by atoms with Crippen molar-refractivity contribution < 1.29 is 29.4 Å². The van der Waals surface area contributed by atoms with Gasteiger partial charge < -0.3 is 24.7 Å². The van der Waals surface area contributed by atoms with Crippen LogP contribution >= 0.6 is 0 Å². The van der Waals surface area contributed by atoms with Gasteiger partial charge in [-0.25, -0.2) is 4.79 Å². The van der Waals surface area contributed by atoms with Crippen molar-refractivity contribution in [2.45, 2.75) is 25.7 Å². The summed E-state index contributed by atoms with van der Waals surface area (Å²) in [7, 11) is 0. The number of ether oxygens (including phenoxy) is 1. The van der Waals surface area contributed by atoms with E-state index in [2.05, 4.69) is 5.16 Å². The Bertz CT molecular complexity index is 924. The number of rotatable bonds is 3. The van der Waals surface area contributed by atoms with Gasteiger partial charge in [0.25, 0.3) is 5.91 Å². The molecule has 0 aromatic heterocycles. The maximum absolute atomic E-state index is 12.5. The minimum absolute atomic E-state index is 0.0286. The molecule has 0 bridgehead atoms. The third-order valence-electron chi connectivity index (χ3n) is 4.80. The van der Waals surface area contributed by atoms with Crippen LogP contribution in [0.1, 0.15) is 35.2 Å². The van der Waals surface area contributed by atoms with Crippen LogP contribution in [0.4, 0.5) is 0 Å². The van der Waals surface area contributed by atoms with Crippen LogP contribution in [0.2, 0.25) is 0 Å². The number of benzene rings is 1. The standard InChI is InChI=1S/C23H26N2O6/c26-19-14-17-13-18(24-31-16-21(28)25-10-6-7-11-25)9-5-3-1-2-4-8-12-30-23(29)22(17)20(27)15-19/h2,4-7,9,14-15,26-27H,1,3,8,10-13,16H2. The van der Waals surface area contributed by atoms with Crippen molar-refractivity contribution in [2.24, 2.45) is 5.16 Å². The van der Waals surface area contributed by atoms with Crippen LogP contribution in [0.5, 0.6) is 11.5 Å². The van der Waals surface area contributed by atoms with Crippen LogP contribution in [0.25, 0.3) is 0 Å². The van der Waals surface area contributed by atoms with Crippen LogP contribution in [-0.2, 0) is 20.8 Å². The average Bonchev–Trinajstić information content (AvgIpc) is 3.26. The predicted octanol–water partition coefficient (Wildman–Crippen LogP) is 2.86. The Labute approximate surface area is 180 Å². The summed E-state index contributed by atoms with van der Waals surface area (Å²) in [5.41, 5.74) is 0.753. The number of aromatic hydroxyl groups is 2. The quantitative estimate of drug-likeness (QED) is 0.437. The lowest BCUT2D eigenvalue weighted by Crippen LogP contribution is -2.31. The third kappa shape index (κ3) is 6.47. The van der Waals surface area contributed by atoms with Crippen LogP contribution < -0.4 is 0 Å². The summed E-state index contributed by atoms with van der Waals surface area (Å²) in [6, 6.07) is 2.47. The van der Waals surface area contributed by atoms with Crippen LogP contribution in [0.15, 0.2) is 53.7 Å². The number of esters is 1. The number of amides is 1. The number of carbonyl (C=O) groups is 2. The molecular formula is C23H26N2O6. The van der Waals surface area contributed by atoms with Gasteiger partial charge in [-0.15, -0.1) is 0 Å². The highest BCUT2D eigenvalue weighted by Gasteiger charge is 2.21. The molecule has 0 spiro atoms. The molecule has 0 unspecified atom stereocenters. The van der Waals surface area contributed by atoms with Gasteiger partial charge in [-0.3, -0.25) is 4.79 Å². The highest BCUT2D eigenvalue weighted by molar-refractivity contribution is 6.00. The zero-order chi connectivity index (χ0) is 22.1. The first kappa shape index (κ1) is 22.1. The normalized spacial score (nSPS) is 18.5. The second kappa shape index (κ2) is 11.0. The number of fused-ring (bicyclic) bond motifs is 1. The van der Waals surface area contributed by atoms with Crippen molar-refractivity contribution >= 4 is 17.6 Å². The fraction of sp³-hybridized carbons (Fsp3) is 0.348. The van der Waals surface area contributed by atoms with Crippen molar-refractivity contribution in [1.82, 2.24) is 4.90 Å². The first-order valence-electron chi connectivity index (χ1n) is 10.2. The van der Waals surface area contributed by atoms with Crippen molar-refractivity contribution in [3.8, 4) is 11.5 Å². The van der Waals surface area contributed by atoms with Gasteiger partial charge in [0.2, 0.25) is 0 Å². The minimum Gasteiger partial charge on any atom is -0.508 e. The highest BCUT2D eigenvalue weighted by atomic mass is 16.6. The van der Waals surface area contributed by atoms with Gasteiger partial charge in [-0.05, 0) is 37.0 Å². The second-order valence-electron chi connectivity index (χ2n) is 7.18. The number of carbonyl (C=O) groups excluding carboxylic acids is 2. The summed E-state index contributed by atoms with van der Waals surface area (Å²) in [5, 5.41) is 24.2. The van der Waals surface area contributed by atoms with E-state index in [1.165, 1.54) is 6.07 Å². The van der Waals surface area contributed by atoms with Gasteiger partial charge in [0.05, 0.1) is 12.3 Å². The molecule has 0 atom stereocenters. The number of cyclic esters (lactones) is 1. The van der Waals surface area contributed by atoms with Gasteiger partial charge in [0.1, 0.15) is 17.1 Å². The Balaban J connectivity index is 1.82. The summed E-state index contributed by atoms with van der Waals surface area (Å²) in [6.07, 6.45) is 13.7. The third-order valence-corrected chi connectivity index (χ3v) is 4.80. The van der Waals surface area contributed by atoms with Crippen molar-refractivity contribution in [3.05, 3.63) is 59.7 Å². The van der Waals surface area contributed by atoms with E-state index < -0.39 is 5.97 Å². The Morgan fingerprint density at radius 2 is 1.81 bits per heavy atom. The number of hydrogen-bond acceptors (Lipinski definition) is 7. The SMILES string of the molecule is O=C1OCCC=CCCC=CC(=NOCC(=O)N2CC=CC2)Cc2cc(O)cc(O)c21. The van der Waals surface area contributed by atoms with E-state index in [0.717, 1.165) is 18.9 Å². The van der Waals surface area contributed by atoms with Crippen molar-refractivity contribution in [3.63, 3.8) is 0 Å².